The fraction of sp³-hybridized carbons (Fsp3) is 0.240. The van der Waals surface area contributed by atoms with Crippen molar-refractivity contribution < 1.29 is 19.0 Å². The molecule has 0 radical (unpaired) electrons. The van der Waals surface area contributed by atoms with Gasteiger partial charge in [-0.3, -0.25) is 0 Å². The molecule has 0 aliphatic heterocycles. The molecule has 3 aromatic carbocycles. The van der Waals surface area contributed by atoms with Crippen LogP contribution in [0.4, 0.5) is 0 Å². The molecule has 30 heavy (non-hydrogen) atoms. The number of benzene rings is 3. The number of esters is 1. The minimum atomic E-state index is -0.560. The molecule has 0 amide bonds. The number of hydrogen-bond acceptors (Lipinski definition) is 4. The van der Waals surface area contributed by atoms with Gasteiger partial charge in [0.05, 0.1) is 7.11 Å². The molecule has 0 unspecified atom stereocenters. The molecule has 0 aliphatic carbocycles. The van der Waals surface area contributed by atoms with Gasteiger partial charge < -0.3 is 14.2 Å². The highest BCUT2D eigenvalue weighted by atomic mass is 32.2. The number of methoxy groups -OCH3 is 1. The Kier molecular flexibility index (Phi) is 7.06. The summed E-state index contributed by atoms with van der Waals surface area (Å²) in [5, 5.41) is 0. The lowest BCUT2D eigenvalue weighted by Crippen LogP contribution is -2.27. The summed E-state index contributed by atoms with van der Waals surface area (Å²) in [6.45, 7) is 5.34. The molecule has 0 aliphatic rings. The Bertz CT molecular complexity index is 926. The number of hydrogen-bond donors (Lipinski definition) is 0. The fourth-order valence-electron chi connectivity index (χ4n) is 2.96. The van der Waals surface area contributed by atoms with Crippen LogP contribution >= 0.6 is 0 Å². The number of rotatable bonds is 7. The van der Waals surface area contributed by atoms with Gasteiger partial charge in [-0.25, -0.2) is 4.79 Å². The summed E-state index contributed by atoms with van der Waals surface area (Å²) in [6.07, 6.45) is 0. The summed E-state index contributed by atoms with van der Waals surface area (Å²) < 4.78 is 17.1. The van der Waals surface area contributed by atoms with Crippen molar-refractivity contribution in [3.05, 3.63) is 78.9 Å². The second-order valence-corrected chi connectivity index (χ2v) is 9.56. The van der Waals surface area contributed by atoms with E-state index in [9.17, 15) is 4.79 Å². The Morgan fingerprint density at radius 2 is 1.33 bits per heavy atom. The molecule has 3 aromatic rings. The first-order valence-electron chi connectivity index (χ1n) is 9.75. The van der Waals surface area contributed by atoms with E-state index in [1.165, 1.54) is 0 Å². The van der Waals surface area contributed by atoms with Crippen molar-refractivity contribution in [1.29, 1.82) is 0 Å². The molecule has 0 aromatic heterocycles. The molecule has 0 heterocycles. The Labute approximate surface area is 181 Å². The third-order valence-electron chi connectivity index (χ3n) is 4.09. The molecule has 3 rings (SSSR count). The van der Waals surface area contributed by atoms with Gasteiger partial charge in [-0.2, -0.15) is 0 Å². The minimum Gasteiger partial charge on any atom is -0.491 e. The topological polar surface area (TPSA) is 44.8 Å². The first-order valence-corrected chi connectivity index (χ1v) is 11.0. The summed E-state index contributed by atoms with van der Waals surface area (Å²) in [5.74, 6) is 0.916. The summed E-state index contributed by atoms with van der Waals surface area (Å²) >= 11 is 0. The average molecular weight is 424 g/mol. The Morgan fingerprint density at radius 1 is 0.800 bits per heavy atom. The highest BCUT2D eigenvalue weighted by molar-refractivity contribution is 7.97. The average Bonchev–Trinajstić information content (AvgIpc) is 2.73. The third kappa shape index (κ3) is 5.57. The van der Waals surface area contributed by atoms with Crippen molar-refractivity contribution in [2.45, 2.75) is 41.1 Å². The van der Waals surface area contributed by atoms with Crippen molar-refractivity contribution in [3.63, 3.8) is 0 Å². The molecule has 0 saturated heterocycles. The van der Waals surface area contributed by atoms with Gasteiger partial charge >= 0.3 is 5.97 Å². The zero-order valence-electron chi connectivity index (χ0n) is 17.8. The van der Waals surface area contributed by atoms with Crippen LogP contribution < -0.4 is 9.47 Å². The summed E-state index contributed by atoms with van der Waals surface area (Å²) in [4.78, 5) is 15.4. The van der Waals surface area contributed by atoms with E-state index < -0.39 is 22.5 Å². The quantitative estimate of drug-likeness (QED) is 0.371. The molecule has 0 spiro atoms. The van der Waals surface area contributed by atoms with Crippen LogP contribution in [0.15, 0.2) is 93.5 Å². The van der Waals surface area contributed by atoms with E-state index in [1.807, 2.05) is 75.4 Å². The fourth-order valence-corrected chi connectivity index (χ4v) is 5.25. The number of carbonyl (C=O) groups is 1. The van der Waals surface area contributed by atoms with Gasteiger partial charge in [-0.15, -0.1) is 0 Å². The molecule has 0 fully saturated rings. The highest BCUT2D eigenvalue weighted by Gasteiger charge is 2.36. The van der Waals surface area contributed by atoms with Gasteiger partial charge in [0.15, 0.2) is 27.9 Å². The minimum absolute atomic E-state index is 0.168. The van der Waals surface area contributed by atoms with Crippen molar-refractivity contribution in [2.75, 3.05) is 13.7 Å². The molecular weight excluding hydrogens is 396 g/mol. The van der Waals surface area contributed by atoms with Crippen LogP contribution in [0.3, 0.4) is 0 Å². The molecule has 0 bridgehead atoms. The maximum Gasteiger partial charge on any atom is 0.344 e. The van der Waals surface area contributed by atoms with Gasteiger partial charge in [-0.05, 0) is 57.2 Å². The van der Waals surface area contributed by atoms with E-state index in [2.05, 4.69) is 24.3 Å². The zero-order chi connectivity index (χ0) is 21.6. The molecule has 0 N–H and O–H groups in total. The van der Waals surface area contributed by atoms with E-state index in [-0.39, 0.29) is 6.61 Å². The SMILES string of the molecule is COc1cccc(OCC(=O)OC(C)(C)C)c1[S+](c1ccccc1)c1ccccc1. The highest BCUT2D eigenvalue weighted by Crippen LogP contribution is 2.42. The van der Waals surface area contributed by atoms with E-state index in [0.717, 1.165) is 14.7 Å². The first-order chi connectivity index (χ1) is 14.4. The lowest BCUT2D eigenvalue weighted by atomic mass is 10.2. The summed E-state index contributed by atoms with van der Waals surface area (Å²) in [7, 11) is 1.17. The van der Waals surface area contributed by atoms with Crippen LogP contribution in [-0.4, -0.2) is 25.3 Å². The molecule has 4 nitrogen and oxygen atoms in total. The van der Waals surface area contributed by atoms with Crippen LogP contribution in [0.2, 0.25) is 0 Å². The van der Waals surface area contributed by atoms with Crippen LogP contribution in [0.25, 0.3) is 0 Å². The van der Waals surface area contributed by atoms with Crippen molar-refractivity contribution >= 4 is 16.9 Å². The Balaban J connectivity index is 2.04. The lowest BCUT2D eigenvalue weighted by molar-refractivity contribution is -0.157. The van der Waals surface area contributed by atoms with Gasteiger partial charge in [-0.1, -0.05) is 42.5 Å². The van der Waals surface area contributed by atoms with Crippen LogP contribution in [0, 0.1) is 0 Å². The maximum absolute atomic E-state index is 12.2. The maximum atomic E-state index is 12.2. The molecule has 0 saturated carbocycles. The van der Waals surface area contributed by atoms with Crippen LogP contribution in [0.1, 0.15) is 20.8 Å². The van der Waals surface area contributed by atoms with E-state index >= 15 is 0 Å². The summed E-state index contributed by atoms with van der Waals surface area (Å²) in [6, 6.07) is 26.1. The molecule has 156 valence electrons. The predicted octanol–water partition coefficient (Wildman–Crippen LogP) is 5.51. The largest absolute Gasteiger partial charge is 0.491 e. The Morgan fingerprint density at radius 3 is 1.83 bits per heavy atom. The van der Waals surface area contributed by atoms with Crippen molar-refractivity contribution in [1.82, 2.24) is 0 Å². The smallest absolute Gasteiger partial charge is 0.344 e. The molecule has 5 heteroatoms. The Hall–Kier alpha value is -2.92. The van der Waals surface area contributed by atoms with E-state index in [0.29, 0.717) is 11.5 Å². The lowest BCUT2D eigenvalue weighted by Gasteiger charge is -2.20. The standard InChI is InChI=1S/C25H27O4S/c1-25(2,3)29-23(26)18-28-22-17-11-16-21(27-4)24(22)30(19-12-7-5-8-13-19)20-14-9-6-10-15-20/h5-17H,18H2,1-4H3/q+1. The predicted molar refractivity (Wildman–Crippen MR) is 119 cm³/mol. The molecular formula is C25H27O4S+. The second-order valence-electron chi connectivity index (χ2n) is 7.59. The second kappa shape index (κ2) is 9.72. The van der Waals surface area contributed by atoms with Gasteiger partial charge in [0.2, 0.25) is 4.90 Å². The van der Waals surface area contributed by atoms with Crippen molar-refractivity contribution in [3.8, 4) is 11.5 Å². The van der Waals surface area contributed by atoms with Crippen LogP contribution in [0.5, 0.6) is 11.5 Å². The van der Waals surface area contributed by atoms with E-state index in [4.69, 9.17) is 14.2 Å². The molecule has 0 atom stereocenters. The van der Waals surface area contributed by atoms with E-state index in [1.54, 1.807) is 7.11 Å². The van der Waals surface area contributed by atoms with Crippen molar-refractivity contribution in [2.24, 2.45) is 0 Å². The summed E-state index contributed by atoms with van der Waals surface area (Å²) in [5.41, 5.74) is -0.560. The monoisotopic (exact) mass is 423 g/mol. The number of ether oxygens (including phenoxy) is 3. The van der Waals surface area contributed by atoms with Crippen LogP contribution in [-0.2, 0) is 20.4 Å². The zero-order valence-corrected chi connectivity index (χ0v) is 18.6. The normalized spacial score (nSPS) is 11.2. The van der Waals surface area contributed by atoms with Gasteiger partial charge in [0, 0.05) is 0 Å². The number of carbonyl (C=O) groups excluding carboxylic acids is 1. The van der Waals surface area contributed by atoms with Gasteiger partial charge in [0.25, 0.3) is 0 Å². The van der Waals surface area contributed by atoms with Gasteiger partial charge in [0.1, 0.15) is 16.5 Å². The third-order valence-corrected chi connectivity index (χ3v) is 6.39. The first kappa shape index (κ1) is 21.8.